The van der Waals surface area contributed by atoms with E-state index < -0.39 is 11.8 Å². The smallest absolute Gasteiger partial charge is 0.263 e. The Morgan fingerprint density at radius 3 is 2.47 bits per heavy atom. The fraction of sp³-hybridized carbons (Fsp3) is 0.300. The van der Waals surface area contributed by atoms with E-state index in [0.717, 1.165) is 0 Å². The Labute approximate surface area is 105 Å². The highest BCUT2D eigenvalue weighted by Crippen LogP contribution is 2.23. The van der Waals surface area contributed by atoms with Crippen molar-refractivity contribution in [2.75, 3.05) is 0 Å². The number of halogens is 4. The van der Waals surface area contributed by atoms with Crippen LogP contribution in [0.3, 0.4) is 0 Å². The van der Waals surface area contributed by atoms with E-state index in [4.69, 9.17) is 11.6 Å². The summed E-state index contributed by atoms with van der Waals surface area (Å²) < 4.78 is 25.5. The number of benzene rings is 1. The maximum absolute atomic E-state index is 12.4. The van der Waals surface area contributed by atoms with Crippen molar-refractivity contribution in [1.29, 1.82) is 0 Å². The second kappa shape index (κ2) is 5.21. The molecule has 0 heterocycles. The first-order valence-electron chi connectivity index (χ1n) is 4.18. The second-order valence-electron chi connectivity index (χ2n) is 3.05. The van der Waals surface area contributed by atoms with E-state index in [9.17, 15) is 13.6 Å². The molecule has 0 fully saturated rings. The van der Waals surface area contributed by atoms with Crippen LogP contribution in [0.4, 0.5) is 8.78 Å². The van der Waals surface area contributed by atoms with Crippen LogP contribution in [0.5, 0.6) is 0 Å². The van der Waals surface area contributed by atoms with Gasteiger partial charge in [-0.1, -0.05) is 0 Å². The van der Waals surface area contributed by atoms with E-state index in [0.29, 0.717) is 3.57 Å². The van der Waals surface area contributed by atoms with Crippen LogP contribution in [-0.4, -0.2) is 11.2 Å². The van der Waals surface area contributed by atoms with Crippen molar-refractivity contribution in [3.05, 3.63) is 32.9 Å². The van der Waals surface area contributed by atoms with Crippen molar-refractivity contribution in [1.82, 2.24) is 0 Å². The van der Waals surface area contributed by atoms with Gasteiger partial charge in [-0.05, 0) is 47.7 Å². The Hall–Kier alpha value is -0.230. The summed E-state index contributed by atoms with van der Waals surface area (Å²) in [4.78, 5) is 11.5. The van der Waals surface area contributed by atoms with Crippen LogP contribution in [0.2, 0.25) is 0 Å². The molecular formula is C10H8ClF2IO. The third-order valence-electron chi connectivity index (χ3n) is 1.82. The van der Waals surface area contributed by atoms with Gasteiger partial charge in [-0.2, -0.15) is 0 Å². The third kappa shape index (κ3) is 3.38. The van der Waals surface area contributed by atoms with Crippen LogP contribution < -0.4 is 0 Å². The highest BCUT2D eigenvalue weighted by Gasteiger charge is 2.16. The lowest BCUT2D eigenvalue weighted by molar-refractivity contribution is 0.0991. The standard InChI is InChI=1S/C10H8ClF2IO/c1-5(11)9(15)6-2-7(10(12)13)4-8(14)3-6/h2-5,10H,1H3. The summed E-state index contributed by atoms with van der Waals surface area (Å²) in [5, 5.41) is -0.700. The minimum atomic E-state index is -2.57. The van der Waals surface area contributed by atoms with E-state index in [-0.39, 0.29) is 16.9 Å². The quantitative estimate of drug-likeness (QED) is 0.459. The molecule has 0 spiro atoms. The van der Waals surface area contributed by atoms with Crippen LogP contribution in [0.1, 0.15) is 29.3 Å². The predicted octanol–water partition coefficient (Wildman–Crippen LogP) is 4.04. The number of alkyl halides is 3. The molecule has 0 bridgehead atoms. The molecule has 0 aromatic heterocycles. The molecule has 1 nitrogen and oxygen atoms in total. The minimum absolute atomic E-state index is 0.150. The van der Waals surface area contributed by atoms with Crippen LogP contribution in [0, 0.1) is 3.57 Å². The molecule has 0 aliphatic rings. The average molecular weight is 345 g/mol. The first-order valence-corrected chi connectivity index (χ1v) is 5.70. The number of hydrogen-bond acceptors (Lipinski definition) is 1. The molecule has 1 unspecified atom stereocenters. The van der Waals surface area contributed by atoms with Gasteiger partial charge in [0.15, 0.2) is 5.78 Å². The number of carbonyl (C=O) groups excluding carboxylic acids is 1. The van der Waals surface area contributed by atoms with Crippen molar-refractivity contribution in [2.24, 2.45) is 0 Å². The van der Waals surface area contributed by atoms with Crippen LogP contribution in [0.15, 0.2) is 18.2 Å². The van der Waals surface area contributed by atoms with E-state index in [1.165, 1.54) is 19.1 Å². The SMILES string of the molecule is CC(Cl)C(=O)c1cc(I)cc(C(F)F)c1. The van der Waals surface area contributed by atoms with Gasteiger partial charge in [-0.3, -0.25) is 4.79 Å². The van der Waals surface area contributed by atoms with Crippen molar-refractivity contribution >= 4 is 40.0 Å². The van der Waals surface area contributed by atoms with Gasteiger partial charge in [0.05, 0.1) is 5.38 Å². The van der Waals surface area contributed by atoms with Gasteiger partial charge in [0.2, 0.25) is 0 Å². The minimum Gasteiger partial charge on any atom is -0.293 e. The van der Waals surface area contributed by atoms with E-state index >= 15 is 0 Å². The molecule has 82 valence electrons. The summed E-state index contributed by atoms with van der Waals surface area (Å²) in [5.74, 6) is -0.336. The van der Waals surface area contributed by atoms with Crippen molar-refractivity contribution < 1.29 is 13.6 Å². The molecule has 1 atom stereocenters. The predicted molar refractivity (Wildman–Crippen MR) is 63.8 cm³/mol. The molecule has 1 aromatic rings. The highest BCUT2D eigenvalue weighted by atomic mass is 127. The normalized spacial score (nSPS) is 12.9. The Balaban J connectivity index is 3.14. The first-order chi connectivity index (χ1) is 6.91. The maximum Gasteiger partial charge on any atom is 0.263 e. The molecule has 5 heteroatoms. The lowest BCUT2D eigenvalue weighted by Crippen LogP contribution is -2.11. The summed E-state index contributed by atoms with van der Waals surface area (Å²) in [6.07, 6.45) is -2.57. The average Bonchev–Trinajstić information content (AvgIpc) is 2.15. The molecular weight excluding hydrogens is 336 g/mol. The topological polar surface area (TPSA) is 17.1 Å². The molecule has 0 aliphatic heterocycles. The van der Waals surface area contributed by atoms with Crippen LogP contribution >= 0.6 is 34.2 Å². The van der Waals surface area contributed by atoms with Gasteiger partial charge in [-0.15, -0.1) is 11.6 Å². The number of carbonyl (C=O) groups is 1. The Kier molecular flexibility index (Phi) is 4.45. The molecule has 1 aromatic carbocycles. The van der Waals surface area contributed by atoms with Gasteiger partial charge in [-0.25, -0.2) is 8.78 Å². The number of rotatable bonds is 3. The van der Waals surface area contributed by atoms with Gasteiger partial charge < -0.3 is 0 Å². The summed E-state index contributed by atoms with van der Waals surface area (Å²) in [7, 11) is 0. The fourth-order valence-electron chi connectivity index (χ4n) is 1.11. The molecule has 0 saturated heterocycles. The zero-order valence-electron chi connectivity index (χ0n) is 7.81. The van der Waals surface area contributed by atoms with E-state index in [1.807, 2.05) is 22.6 Å². The molecule has 1 rings (SSSR count). The van der Waals surface area contributed by atoms with Crippen molar-refractivity contribution in [2.45, 2.75) is 18.7 Å². The summed E-state index contributed by atoms with van der Waals surface area (Å²) in [6.45, 7) is 1.52. The molecule has 0 N–H and O–H groups in total. The Bertz CT molecular complexity index is 380. The lowest BCUT2D eigenvalue weighted by atomic mass is 10.1. The van der Waals surface area contributed by atoms with Gasteiger partial charge in [0.1, 0.15) is 0 Å². The number of ketones is 1. The summed E-state index contributed by atoms with van der Waals surface area (Å²) >= 11 is 7.50. The molecule has 0 amide bonds. The third-order valence-corrected chi connectivity index (χ3v) is 2.64. The Morgan fingerprint density at radius 1 is 1.40 bits per heavy atom. The lowest BCUT2D eigenvalue weighted by Gasteiger charge is -2.06. The van der Waals surface area contributed by atoms with Gasteiger partial charge >= 0.3 is 0 Å². The highest BCUT2D eigenvalue weighted by molar-refractivity contribution is 14.1. The monoisotopic (exact) mass is 344 g/mol. The fourth-order valence-corrected chi connectivity index (χ4v) is 1.93. The van der Waals surface area contributed by atoms with E-state index in [2.05, 4.69) is 0 Å². The zero-order chi connectivity index (χ0) is 11.6. The van der Waals surface area contributed by atoms with Gasteiger partial charge in [0, 0.05) is 14.7 Å². The molecule has 0 aliphatic carbocycles. The van der Waals surface area contributed by atoms with Crippen LogP contribution in [-0.2, 0) is 0 Å². The summed E-state index contributed by atoms with van der Waals surface area (Å²) in [6, 6.07) is 4.09. The molecule has 15 heavy (non-hydrogen) atoms. The first kappa shape index (κ1) is 12.8. The van der Waals surface area contributed by atoms with Crippen LogP contribution in [0.25, 0.3) is 0 Å². The molecule has 0 saturated carbocycles. The van der Waals surface area contributed by atoms with Crippen molar-refractivity contribution in [3.8, 4) is 0 Å². The van der Waals surface area contributed by atoms with Gasteiger partial charge in [0.25, 0.3) is 6.43 Å². The van der Waals surface area contributed by atoms with E-state index in [1.54, 1.807) is 6.07 Å². The zero-order valence-corrected chi connectivity index (χ0v) is 10.7. The second-order valence-corrected chi connectivity index (χ2v) is 4.95. The maximum atomic E-state index is 12.4. The van der Waals surface area contributed by atoms with Crippen molar-refractivity contribution in [3.63, 3.8) is 0 Å². The Morgan fingerprint density at radius 2 is 2.00 bits per heavy atom. The number of Topliss-reactive ketones (excluding diaryl/α,β-unsaturated/α-hetero) is 1. The number of hydrogen-bond donors (Lipinski definition) is 0. The summed E-state index contributed by atoms with van der Waals surface area (Å²) in [5.41, 5.74) is 0.0854. The largest absolute Gasteiger partial charge is 0.293 e. The molecule has 0 radical (unpaired) electrons.